The number of benzene rings is 1. The minimum Gasteiger partial charge on any atom is -0.389 e. The molecule has 1 aliphatic heterocycles. The van der Waals surface area contributed by atoms with Crippen LogP contribution in [0.15, 0.2) is 22.7 Å². The van der Waals surface area contributed by atoms with Crippen LogP contribution in [0.1, 0.15) is 38.7 Å². The summed E-state index contributed by atoms with van der Waals surface area (Å²) in [6.45, 7) is 4.63. The van der Waals surface area contributed by atoms with Crippen molar-refractivity contribution in [3.8, 4) is 0 Å². The van der Waals surface area contributed by atoms with Gasteiger partial charge in [0, 0.05) is 17.3 Å². The molecule has 1 aromatic carbocycles. The Kier molecular flexibility index (Phi) is 4.33. The second-order valence-corrected chi connectivity index (χ2v) is 6.57. The molecule has 0 bridgehead atoms. The molecule has 1 aromatic rings. The monoisotopic (exact) mass is 330 g/mol. The highest BCUT2D eigenvalue weighted by molar-refractivity contribution is 9.10. The van der Waals surface area contributed by atoms with Crippen LogP contribution in [0, 0.1) is 5.82 Å². The molecule has 4 heteroatoms. The summed E-state index contributed by atoms with van der Waals surface area (Å²) in [7, 11) is 0. The molecule has 2 nitrogen and oxygen atoms in total. The first-order chi connectivity index (χ1) is 8.86. The Morgan fingerprint density at radius 3 is 2.89 bits per heavy atom. The van der Waals surface area contributed by atoms with E-state index in [2.05, 4.69) is 22.9 Å². The van der Waals surface area contributed by atoms with Gasteiger partial charge in [0.15, 0.2) is 0 Å². The molecule has 2 atom stereocenters. The van der Waals surface area contributed by atoms with Crippen molar-refractivity contribution in [1.82, 2.24) is 0 Å². The fourth-order valence-electron chi connectivity index (χ4n) is 2.73. The summed E-state index contributed by atoms with van der Waals surface area (Å²) in [4.78, 5) is 0. The van der Waals surface area contributed by atoms with Crippen molar-refractivity contribution in [3.05, 3.63) is 34.1 Å². The van der Waals surface area contributed by atoms with Gasteiger partial charge < -0.3 is 9.84 Å². The van der Waals surface area contributed by atoms with Gasteiger partial charge >= 0.3 is 0 Å². The van der Waals surface area contributed by atoms with Crippen molar-refractivity contribution in [2.24, 2.45) is 0 Å². The molecule has 2 unspecified atom stereocenters. The number of halogens is 2. The third kappa shape index (κ3) is 3.56. The molecule has 19 heavy (non-hydrogen) atoms. The maximum absolute atomic E-state index is 13.3. The summed E-state index contributed by atoms with van der Waals surface area (Å²) in [5.41, 5.74) is -0.297. The van der Waals surface area contributed by atoms with Crippen LogP contribution in [-0.4, -0.2) is 22.9 Å². The molecular weight excluding hydrogens is 311 g/mol. The molecule has 1 saturated heterocycles. The molecule has 1 aliphatic rings. The minimum absolute atomic E-state index is 0.271. The summed E-state index contributed by atoms with van der Waals surface area (Å²) in [5.74, 6) is -0.271. The predicted molar refractivity (Wildman–Crippen MR) is 76.6 cm³/mol. The lowest BCUT2D eigenvalue weighted by molar-refractivity contribution is -0.152. The van der Waals surface area contributed by atoms with Crippen molar-refractivity contribution >= 4 is 15.9 Å². The van der Waals surface area contributed by atoms with E-state index in [1.807, 2.05) is 6.92 Å². The van der Waals surface area contributed by atoms with E-state index in [-0.39, 0.29) is 11.4 Å². The fourth-order valence-corrected chi connectivity index (χ4v) is 3.12. The topological polar surface area (TPSA) is 29.5 Å². The molecule has 2 rings (SSSR count). The molecular formula is C15H20BrFO2. The third-order valence-corrected chi connectivity index (χ3v) is 4.77. The van der Waals surface area contributed by atoms with Crippen LogP contribution in [0.25, 0.3) is 0 Å². The van der Waals surface area contributed by atoms with Gasteiger partial charge in [0.1, 0.15) is 5.82 Å². The molecule has 0 saturated carbocycles. The van der Waals surface area contributed by atoms with Gasteiger partial charge in [-0.2, -0.15) is 0 Å². The Labute approximate surface area is 122 Å². The summed E-state index contributed by atoms with van der Waals surface area (Å²) in [6.07, 6.45) is 2.48. The summed E-state index contributed by atoms with van der Waals surface area (Å²) < 4.78 is 19.9. The van der Waals surface area contributed by atoms with Gasteiger partial charge in [-0.15, -0.1) is 0 Å². The maximum Gasteiger partial charge on any atom is 0.123 e. The summed E-state index contributed by atoms with van der Waals surface area (Å²) >= 11 is 3.42. The van der Waals surface area contributed by atoms with Crippen molar-refractivity contribution in [2.75, 3.05) is 6.61 Å². The Hall–Kier alpha value is -0.450. The first-order valence-corrected chi connectivity index (χ1v) is 7.45. The molecule has 0 spiro atoms. The number of ether oxygens (including phenoxy) is 1. The number of aliphatic hydroxyl groups is 1. The largest absolute Gasteiger partial charge is 0.389 e. The first-order valence-electron chi connectivity index (χ1n) is 6.66. The van der Waals surface area contributed by atoms with Gasteiger partial charge in [0.2, 0.25) is 0 Å². The number of rotatable bonds is 3. The van der Waals surface area contributed by atoms with E-state index in [9.17, 15) is 9.50 Å². The standard InChI is InChI=1S/C15H20BrFO2/c1-3-14(2)10-15(18,6-7-19-14)9-11-8-12(17)4-5-13(11)16/h4-5,8,18H,3,6-7,9-10H2,1-2H3. The molecule has 1 N–H and O–H groups in total. The zero-order valence-electron chi connectivity index (χ0n) is 11.4. The van der Waals surface area contributed by atoms with Crippen LogP contribution < -0.4 is 0 Å². The molecule has 1 fully saturated rings. The maximum atomic E-state index is 13.3. The first kappa shape index (κ1) is 14.9. The van der Waals surface area contributed by atoms with E-state index in [1.54, 1.807) is 6.07 Å². The van der Waals surface area contributed by atoms with Gasteiger partial charge in [0.05, 0.1) is 17.8 Å². The number of hydrogen-bond donors (Lipinski definition) is 1. The van der Waals surface area contributed by atoms with E-state index in [4.69, 9.17) is 4.74 Å². The van der Waals surface area contributed by atoms with E-state index >= 15 is 0 Å². The predicted octanol–water partition coefficient (Wildman–Crippen LogP) is 3.84. The molecule has 0 radical (unpaired) electrons. The van der Waals surface area contributed by atoms with E-state index in [1.165, 1.54) is 12.1 Å². The quantitative estimate of drug-likeness (QED) is 0.912. The zero-order valence-corrected chi connectivity index (χ0v) is 13.0. The van der Waals surface area contributed by atoms with Crippen molar-refractivity contribution in [2.45, 2.75) is 50.7 Å². The van der Waals surface area contributed by atoms with Crippen LogP contribution in [0.2, 0.25) is 0 Å². The van der Waals surface area contributed by atoms with Gasteiger partial charge in [-0.3, -0.25) is 0 Å². The van der Waals surface area contributed by atoms with E-state index in [0.717, 1.165) is 16.5 Å². The summed E-state index contributed by atoms with van der Waals surface area (Å²) in [6, 6.07) is 4.59. The molecule has 106 valence electrons. The summed E-state index contributed by atoms with van der Waals surface area (Å²) in [5, 5.41) is 10.8. The van der Waals surface area contributed by atoms with E-state index < -0.39 is 5.60 Å². The average Bonchev–Trinajstić information content (AvgIpc) is 2.33. The van der Waals surface area contributed by atoms with Crippen LogP contribution in [0.4, 0.5) is 4.39 Å². The Morgan fingerprint density at radius 2 is 2.21 bits per heavy atom. The molecule has 1 heterocycles. The lowest BCUT2D eigenvalue weighted by atomic mass is 9.78. The SMILES string of the molecule is CCC1(C)CC(O)(Cc2cc(F)ccc2Br)CCO1. The van der Waals surface area contributed by atoms with Gasteiger partial charge in [-0.1, -0.05) is 22.9 Å². The van der Waals surface area contributed by atoms with Crippen LogP contribution in [-0.2, 0) is 11.2 Å². The highest BCUT2D eigenvalue weighted by Gasteiger charge is 2.41. The lowest BCUT2D eigenvalue weighted by Gasteiger charge is -2.43. The normalized spacial score (nSPS) is 31.4. The van der Waals surface area contributed by atoms with Crippen LogP contribution in [0.5, 0.6) is 0 Å². The zero-order chi connectivity index (χ0) is 14.1. The van der Waals surface area contributed by atoms with Gasteiger partial charge in [-0.25, -0.2) is 4.39 Å². The minimum atomic E-state index is -0.820. The third-order valence-electron chi connectivity index (χ3n) is 4.00. The van der Waals surface area contributed by atoms with E-state index in [0.29, 0.717) is 25.9 Å². The fraction of sp³-hybridized carbons (Fsp3) is 0.600. The van der Waals surface area contributed by atoms with Gasteiger partial charge in [0.25, 0.3) is 0 Å². The highest BCUT2D eigenvalue weighted by atomic mass is 79.9. The smallest absolute Gasteiger partial charge is 0.123 e. The Bertz CT molecular complexity index is 465. The second kappa shape index (κ2) is 5.51. The van der Waals surface area contributed by atoms with Crippen LogP contribution >= 0.6 is 15.9 Å². The van der Waals surface area contributed by atoms with Crippen molar-refractivity contribution in [3.63, 3.8) is 0 Å². The second-order valence-electron chi connectivity index (χ2n) is 5.72. The average molecular weight is 331 g/mol. The van der Waals surface area contributed by atoms with Crippen molar-refractivity contribution in [1.29, 1.82) is 0 Å². The highest BCUT2D eigenvalue weighted by Crippen LogP contribution is 2.37. The molecule has 0 amide bonds. The van der Waals surface area contributed by atoms with Gasteiger partial charge in [-0.05, 0) is 43.5 Å². The number of hydrogen-bond acceptors (Lipinski definition) is 2. The molecule has 0 aliphatic carbocycles. The van der Waals surface area contributed by atoms with Crippen LogP contribution in [0.3, 0.4) is 0 Å². The Balaban J connectivity index is 2.19. The lowest BCUT2D eigenvalue weighted by Crippen LogP contribution is -2.48. The Morgan fingerprint density at radius 1 is 1.47 bits per heavy atom. The molecule has 0 aromatic heterocycles. The van der Waals surface area contributed by atoms with Crippen molar-refractivity contribution < 1.29 is 14.2 Å².